The second-order valence-corrected chi connectivity index (χ2v) is 4.18. The first-order valence-electron chi connectivity index (χ1n) is 2.95. The van der Waals surface area contributed by atoms with Crippen LogP contribution in [-0.2, 0) is 14.7 Å². The van der Waals surface area contributed by atoms with E-state index in [1.165, 1.54) is 18.2 Å². The first kappa shape index (κ1) is 12.8. The average molecular weight is 212 g/mol. The summed E-state index contributed by atoms with van der Waals surface area (Å²) in [4.78, 5) is -0.247. The molecule has 0 atom stereocenters. The van der Waals surface area contributed by atoms with Crippen LogP contribution >= 0.6 is 8.46 Å². The van der Waals surface area contributed by atoms with Crippen LogP contribution in [0.3, 0.4) is 0 Å². The summed E-state index contributed by atoms with van der Waals surface area (Å²) in [6, 6.07) is 5.26. The Morgan fingerprint density at radius 3 is 2.38 bits per heavy atom. The summed E-state index contributed by atoms with van der Waals surface area (Å²) in [7, 11) is -4.45. The fraction of sp³-hybridized carbons (Fsp3) is 0. The molecule has 0 aliphatic heterocycles. The van der Waals surface area contributed by atoms with Gasteiger partial charge in [0.1, 0.15) is 0 Å². The summed E-state index contributed by atoms with van der Waals surface area (Å²) in [5.41, 5.74) is 0. The summed E-state index contributed by atoms with van der Waals surface area (Å²) in [6.07, 6.45) is 0. The van der Waals surface area contributed by atoms with Crippen molar-refractivity contribution in [1.82, 2.24) is 0 Å². The Morgan fingerprint density at radius 2 is 1.92 bits per heavy atom. The quantitative estimate of drug-likeness (QED) is 0.432. The number of rotatable bonds is 2. The molecule has 13 heavy (non-hydrogen) atoms. The third-order valence-corrected chi connectivity index (χ3v) is 2.56. The van der Waals surface area contributed by atoms with Crippen LogP contribution in [0.2, 0.25) is 0 Å². The first-order chi connectivity index (χ1) is 5.54. The molecule has 0 aromatic heterocycles. The zero-order chi connectivity index (χ0) is 9.19. The Balaban J connectivity index is 0.00000144. The predicted octanol–water partition coefficient (Wildman–Crippen LogP) is 0.202. The van der Waals surface area contributed by atoms with E-state index in [0.717, 1.165) is 6.07 Å². The van der Waals surface area contributed by atoms with Crippen molar-refractivity contribution >= 4 is 42.7 Å². The maximum atomic E-state index is 10.6. The summed E-state index contributed by atoms with van der Waals surface area (Å²) in [6.45, 7) is 0. The molecule has 0 unspecified atom stereocenters. The van der Waals surface area contributed by atoms with Crippen molar-refractivity contribution in [3.05, 3.63) is 24.3 Å². The Hall–Kier alpha value is -0.173. The standard InChI is InChI=1S/C6H5O4PS.Li.H/c7-11-5-2-1-3-6(4-5)12(8,9)10;;/h1-4H,(H,8,9,10);;. The molecule has 0 fully saturated rings. The van der Waals surface area contributed by atoms with Gasteiger partial charge < -0.3 is 0 Å². The van der Waals surface area contributed by atoms with E-state index in [1.54, 1.807) is 0 Å². The van der Waals surface area contributed by atoms with E-state index in [0.29, 0.717) is 5.30 Å². The van der Waals surface area contributed by atoms with Gasteiger partial charge in [0.15, 0.2) is 8.46 Å². The Labute approximate surface area is 89.5 Å². The van der Waals surface area contributed by atoms with Crippen LogP contribution in [0.25, 0.3) is 0 Å². The zero-order valence-electron chi connectivity index (χ0n) is 5.84. The van der Waals surface area contributed by atoms with E-state index < -0.39 is 10.1 Å². The zero-order valence-corrected chi connectivity index (χ0v) is 7.55. The summed E-state index contributed by atoms with van der Waals surface area (Å²) < 4.78 is 40.0. The molecule has 0 aliphatic carbocycles. The van der Waals surface area contributed by atoms with Gasteiger partial charge in [-0.15, -0.1) is 0 Å². The van der Waals surface area contributed by atoms with Crippen molar-refractivity contribution in [3.8, 4) is 0 Å². The van der Waals surface area contributed by atoms with Gasteiger partial charge in [0.25, 0.3) is 10.1 Å². The molecule has 0 saturated heterocycles. The molecular formula is C6H6LiO4PS. The van der Waals surface area contributed by atoms with Crippen molar-refractivity contribution in [3.63, 3.8) is 0 Å². The maximum absolute atomic E-state index is 10.6. The molecule has 1 rings (SSSR count). The van der Waals surface area contributed by atoms with Crippen LogP contribution in [0.15, 0.2) is 29.2 Å². The summed E-state index contributed by atoms with van der Waals surface area (Å²) >= 11 is 0. The third kappa shape index (κ3) is 3.59. The van der Waals surface area contributed by atoms with Gasteiger partial charge in [-0.1, -0.05) is 6.07 Å². The Morgan fingerprint density at radius 1 is 1.31 bits per heavy atom. The number of benzene rings is 1. The van der Waals surface area contributed by atoms with Crippen molar-refractivity contribution in [2.24, 2.45) is 0 Å². The molecule has 0 amide bonds. The molecule has 1 aromatic carbocycles. The van der Waals surface area contributed by atoms with Crippen LogP contribution < -0.4 is 5.30 Å². The average Bonchev–Trinajstić information content (AvgIpc) is 2.03. The molecule has 0 radical (unpaired) electrons. The first-order valence-corrected chi connectivity index (χ1v) is 5.20. The normalized spacial score (nSPS) is 10.8. The van der Waals surface area contributed by atoms with Crippen LogP contribution in [0.4, 0.5) is 0 Å². The van der Waals surface area contributed by atoms with Crippen LogP contribution in [-0.4, -0.2) is 31.8 Å². The fourth-order valence-electron chi connectivity index (χ4n) is 0.701. The van der Waals surface area contributed by atoms with Crippen molar-refractivity contribution in [1.29, 1.82) is 0 Å². The predicted molar refractivity (Wildman–Crippen MR) is 50.6 cm³/mol. The number of hydrogen-bond acceptors (Lipinski definition) is 3. The van der Waals surface area contributed by atoms with Crippen LogP contribution in [0, 0.1) is 0 Å². The van der Waals surface area contributed by atoms with Crippen LogP contribution in [0.1, 0.15) is 0 Å². The summed E-state index contributed by atoms with van der Waals surface area (Å²) in [5, 5.41) is 0.310. The van der Waals surface area contributed by atoms with Crippen molar-refractivity contribution in [2.75, 3.05) is 0 Å². The third-order valence-electron chi connectivity index (χ3n) is 1.22. The number of hydrogen-bond donors (Lipinski definition) is 1. The topological polar surface area (TPSA) is 71.4 Å². The molecule has 66 valence electrons. The van der Waals surface area contributed by atoms with E-state index in [1.807, 2.05) is 0 Å². The minimum absolute atomic E-state index is 0. The molecule has 0 aliphatic rings. The van der Waals surface area contributed by atoms with E-state index in [4.69, 9.17) is 4.55 Å². The van der Waals surface area contributed by atoms with Gasteiger partial charge >= 0.3 is 18.9 Å². The SMILES string of the molecule is O=Pc1cccc(S(=O)(=O)O)c1.[LiH]. The van der Waals surface area contributed by atoms with E-state index in [9.17, 15) is 13.0 Å². The molecule has 0 spiro atoms. The Kier molecular flexibility index (Phi) is 4.83. The molecule has 0 saturated carbocycles. The van der Waals surface area contributed by atoms with E-state index >= 15 is 0 Å². The monoisotopic (exact) mass is 212 g/mol. The van der Waals surface area contributed by atoms with E-state index in [-0.39, 0.29) is 32.2 Å². The van der Waals surface area contributed by atoms with Gasteiger partial charge in [0.2, 0.25) is 0 Å². The van der Waals surface area contributed by atoms with Crippen molar-refractivity contribution in [2.45, 2.75) is 4.90 Å². The van der Waals surface area contributed by atoms with Crippen molar-refractivity contribution < 1.29 is 17.5 Å². The second-order valence-electron chi connectivity index (χ2n) is 2.06. The van der Waals surface area contributed by atoms with Gasteiger partial charge in [-0.3, -0.25) is 9.12 Å². The molecule has 0 bridgehead atoms. The molecular weight excluding hydrogens is 206 g/mol. The molecule has 1 N–H and O–H groups in total. The van der Waals surface area contributed by atoms with Gasteiger partial charge in [0, 0.05) is 5.30 Å². The summed E-state index contributed by atoms with van der Waals surface area (Å²) in [5.74, 6) is 0. The van der Waals surface area contributed by atoms with Gasteiger partial charge in [-0.2, -0.15) is 8.42 Å². The van der Waals surface area contributed by atoms with E-state index in [2.05, 4.69) is 0 Å². The fourth-order valence-corrected chi connectivity index (χ4v) is 1.65. The minimum atomic E-state index is -4.18. The molecule has 7 heteroatoms. The molecule has 4 nitrogen and oxygen atoms in total. The second kappa shape index (κ2) is 4.90. The van der Waals surface area contributed by atoms with Gasteiger partial charge in [-0.05, 0) is 18.2 Å². The van der Waals surface area contributed by atoms with Gasteiger partial charge in [-0.25, -0.2) is 0 Å². The van der Waals surface area contributed by atoms with Gasteiger partial charge in [0.05, 0.1) is 4.90 Å². The Bertz CT molecular complexity index is 403. The molecule has 1 aromatic rings. The molecule has 0 heterocycles. The van der Waals surface area contributed by atoms with Crippen LogP contribution in [0.5, 0.6) is 0 Å².